The number of aryl methyl sites for hydroxylation is 1. The molecule has 10 heteroatoms. The number of pyridine rings is 1. The molecule has 2 atom stereocenters. The van der Waals surface area contributed by atoms with Gasteiger partial charge in [0.05, 0.1) is 23.8 Å². The Morgan fingerprint density at radius 2 is 1.83 bits per heavy atom. The van der Waals surface area contributed by atoms with E-state index in [4.69, 9.17) is 0 Å². The first kappa shape index (κ1) is 18.2. The van der Waals surface area contributed by atoms with Gasteiger partial charge in [0.1, 0.15) is 5.82 Å². The molecule has 1 fully saturated rings. The van der Waals surface area contributed by atoms with Crippen LogP contribution in [0.4, 0.5) is 11.8 Å². The summed E-state index contributed by atoms with van der Waals surface area (Å²) in [5, 5.41) is 14.9. The number of hydrogen-bond acceptors (Lipinski definition) is 8. The molecule has 0 saturated heterocycles. The lowest BCUT2D eigenvalue weighted by atomic mass is 10.2. The highest BCUT2D eigenvalue weighted by atomic mass is 16.1. The minimum Gasteiger partial charge on any atom is -0.367 e. The van der Waals surface area contributed by atoms with Crippen LogP contribution in [0.25, 0.3) is 11.3 Å². The lowest BCUT2D eigenvalue weighted by Crippen LogP contribution is -2.22. The van der Waals surface area contributed by atoms with Gasteiger partial charge in [0, 0.05) is 36.9 Å². The van der Waals surface area contributed by atoms with Gasteiger partial charge in [-0.3, -0.25) is 9.36 Å². The predicted octanol–water partition coefficient (Wildman–Crippen LogP) is 1.82. The fourth-order valence-electron chi connectivity index (χ4n) is 3.76. The average molecular weight is 403 g/mol. The Hall–Kier alpha value is -3.82. The molecule has 0 radical (unpaired) electrons. The van der Waals surface area contributed by atoms with Crippen LogP contribution in [0.15, 0.2) is 54.1 Å². The van der Waals surface area contributed by atoms with E-state index < -0.39 is 0 Å². The van der Waals surface area contributed by atoms with Gasteiger partial charge in [0.2, 0.25) is 11.6 Å². The van der Waals surface area contributed by atoms with Crippen molar-refractivity contribution in [2.24, 2.45) is 0 Å². The third kappa shape index (κ3) is 3.59. The van der Waals surface area contributed by atoms with E-state index >= 15 is 0 Å². The molecular weight excluding hydrogens is 382 g/mol. The number of aromatic nitrogens is 7. The van der Waals surface area contributed by atoms with Crippen molar-refractivity contribution in [2.45, 2.75) is 38.3 Å². The topological polar surface area (TPSA) is 115 Å². The van der Waals surface area contributed by atoms with Crippen LogP contribution >= 0.6 is 0 Å². The van der Waals surface area contributed by atoms with Crippen LogP contribution in [0.5, 0.6) is 0 Å². The van der Waals surface area contributed by atoms with Gasteiger partial charge in [-0.2, -0.15) is 5.10 Å². The SMILES string of the molecule is Cc1cnc(N[C@H]2CC[C@H](Nc3ccc(-n4ccn5ccnc5c4=O)cn3)C2)nn1. The molecule has 2 N–H and O–H groups in total. The number of anilines is 2. The van der Waals surface area contributed by atoms with Crippen molar-refractivity contribution in [2.75, 3.05) is 10.6 Å². The van der Waals surface area contributed by atoms with Gasteiger partial charge in [-0.15, -0.1) is 5.10 Å². The van der Waals surface area contributed by atoms with Crippen LogP contribution in [-0.2, 0) is 0 Å². The van der Waals surface area contributed by atoms with E-state index in [9.17, 15) is 4.79 Å². The second-order valence-corrected chi connectivity index (χ2v) is 7.45. The molecule has 30 heavy (non-hydrogen) atoms. The number of nitrogens with zero attached hydrogens (tertiary/aromatic N) is 7. The predicted molar refractivity (Wildman–Crippen MR) is 112 cm³/mol. The van der Waals surface area contributed by atoms with Crippen LogP contribution in [0.1, 0.15) is 25.0 Å². The van der Waals surface area contributed by atoms with E-state index in [2.05, 4.69) is 35.8 Å². The first-order valence-corrected chi connectivity index (χ1v) is 9.86. The van der Waals surface area contributed by atoms with E-state index in [0.717, 1.165) is 30.8 Å². The third-order valence-corrected chi connectivity index (χ3v) is 5.28. The fourth-order valence-corrected chi connectivity index (χ4v) is 3.76. The maximum absolute atomic E-state index is 12.6. The summed E-state index contributed by atoms with van der Waals surface area (Å²) in [7, 11) is 0. The van der Waals surface area contributed by atoms with Crippen molar-refractivity contribution in [3.8, 4) is 5.69 Å². The van der Waals surface area contributed by atoms with Crippen LogP contribution in [0, 0.1) is 6.92 Å². The van der Waals surface area contributed by atoms with Gasteiger partial charge in [-0.1, -0.05) is 0 Å². The van der Waals surface area contributed by atoms with E-state index in [1.54, 1.807) is 46.1 Å². The molecule has 0 bridgehead atoms. The van der Waals surface area contributed by atoms with E-state index in [1.165, 1.54) is 0 Å². The lowest BCUT2D eigenvalue weighted by Gasteiger charge is -2.15. The van der Waals surface area contributed by atoms with Crippen molar-refractivity contribution >= 4 is 17.4 Å². The van der Waals surface area contributed by atoms with Gasteiger partial charge in [0.25, 0.3) is 5.56 Å². The Bertz CT molecular complexity index is 1210. The number of hydrogen-bond donors (Lipinski definition) is 2. The van der Waals surface area contributed by atoms with Crippen LogP contribution in [0.2, 0.25) is 0 Å². The molecule has 4 heterocycles. The molecule has 10 nitrogen and oxygen atoms in total. The van der Waals surface area contributed by atoms with E-state index in [0.29, 0.717) is 29.4 Å². The molecule has 4 aromatic rings. The van der Waals surface area contributed by atoms with Gasteiger partial charge in [0.15, 0.2) is 0 Å². The Kier molecular flexibility index (Phi) is 4.58. The van der Waals surface area contributed by atoms with Crippen LogP contribution < -0.4 is 16.2 Å². The largest absolute Gasteiger partial charge is 0.367 e. The first-order valence-electron chi connectivity index (χ1n) is 9.86. The van der Waals surface area contributed by atoms with Gasteiger partial charge in [-0.25, -0.2) is 15.0 Å². The summed E-state index contributed by atoms with van der Waals surface area (Å²) in [6.07, 6.45) is 13.3. The molecule has 152 valence electrons. The molecule has 1 aliphatic carbocycles. The summed E-state index contributed by atoms with van der Waals surface area (Å²) in [4.78, 5) is 25.4. The first-order chi connectivity index (χ1) is 14.7. The summed E-state index contributed by atoms with van der Waals surface area (Å²) in [6, 6.07) is 4.38. The standard InChI is InChI=1S/C20H21N9O/c1-13-11-23-20(27-26-13)25-15-3-2-14(10-15)24-17-5-4-16(12-22-17)29-9-8-28-7-6-21-18(28)19(29)30/h4-9,11-12,14-15H,2-3,10H2,1H3,(H,22,24)(H,23,25,27)/t14-,15-/m0/s1. The summed E-state index contributed by atoms with van der Waals surface area (Å²) in [5.41, 5.74) is 1.71. The maximum Gasteiger partial charge on any atom is 0.298 e. The second kappa shape index (κ2) is 7.54. The molecule has 4 aromatic heterocycles. The van der Waals surface area contributed by atoms with Crippen LogP contribution in [0.3, 0.4) is 0 Å². The minimum atomic E-state index is -0.178. The van der Waals surface area contributed by atoms with Gasteiger partial charge >= 0.3 is 0 Å². The molecule has 0 unspecified atom stereocenters. The number of nitrogens with one attached hydrogen (secondary N) is 2. The van der Waals surface area contributed by atoms with Crippen molar-refractivity contribution in [3.63, 3.8) is 0 Å². The van der Waals surface area contributed by atoms with Gasteiger partial charge in [-0.05, 0) is 38.3 Å². The van der Waals surface area contributed by atoms with Crippen LogP contribution in [-0.4, -0.2) is 46.2 Å². The molecule has 5 rings (SSSR count). The Morgan fingerprint density at radius 3 is 2.60 bits per heavy atom. The zero-order valence-corrected chi connectivity index (χ0v) is 16.4. The monoisotopic (exact) mass is 403 g/mol. The third-order valence-electron chi connectivity index (χ3n) is 5.28. The highest BCUT2D eigenvalue weighted by Crippen LogP contribution is 2.24. The fraction of sp³-hybridized carbons (Fsp3) is 0.300. The normalized spacial score (nSPS) is 18.6. The zero-order valence-electron chi connectivity index (χ0n) is 16.4. The van der Waals surface area contributed by atoms with Crippen molar-refractivity contribution in [1.82, 2.24) is 34.1 Å². The summed E-state index contributed by atoms with van der Waals surface area (Å²) < 4.78 is 3.24. The molecule has 0 aromatic carbocycles. The summed E-state index contributed by atoms with van der Waals surface area (Å²) in [5.74, 6) is 1.35. The van der Waals surface area contributed by atoms with E-state index in [-0.39, 0.29) is 5.56 Å². The zero-order chi connectivity index (χ0) is 20.5. The Labute approximate surface area is 172 Å². The number of imidazole rings is 1. The summed E-state index contributed by atoms with van der Waals surface area (Å²) >= 11 is 0. The van der Waals surface area contributed by atoms with Crippen molar-refractivity contribution in [1.29, 1.82) is 0 Å². The highest BCUT2D eigenvalue weighted by Gasteiger charge is 2.25. The molecule has 1 aliphatic rings. The van der Waals surface area contributed by atoms with Gasteiger partial charge < -0.3 is 15.0 Å². The number of rotatable bonds is 5. The molecule has 0 spiro atoms. The Morgan fingerprint density at radius 1 is 0.967 bits per heavy atom. The average Bonchev–Trinajstić information content (AvgIpc) is 3.41. The molecule has 0 amide bonds. The quantitative estimate of drug-likeness (QED) is 0.519. The highest BCUT2D eigenvalue weighted by molar-refractivity contribution is 5.44. The Balaban J connectivity index is 1.23. The van der Waals surface area contributed by atoms with Crippen molar-refractivity contribution in [3.05, 3.63) is 65.4 Å². The molecule has 0 aliphatic heterocycles. The molecule has 1 saturated carbocycles. The van der Waals surface area contributed by atoms with E-state index in [1.807, 2.05) is 19.1 Å². The summed E-state index contributed by atoms with van der Waals surface area (Å²) in [6.45, 7) is 1.86. The number of fused-ring (bicyclic) bond motifs is 1. The minimum absolute atomic E-state index is 0.178. The smallest absolute Gasteiger partial charge is 0.298 e. The lowest BCUT2D eigenvalue weighted by molar-refractivity contribution is 0.712. The maximum atomic E-state index is 12.6. The van der Waals surface area contributed by atoms with Crippen molar-refractivity contribution < 1.29 is 0 Å². The second-order valence-electron chi connectivity index (χ2n) is 7.45. The molecular formula is C20H21N9O.